The summed E-state index contributed by atoms with van der Waals surface area (Å²) in [6, 6.07) is 13.6. The monoisotopic (exact) mass is 411 g/mol. The predicted molar refractivity (Wildman–Crippen MR) is 116 cm³/mol. The summed E-state index contributed by atoms with van der Waals surface area (Å²) in [7, 11) is 0. The number of hydrogen-bond acceptors (Lipinski definition) is 4. The molecule has 2 aromatic rings. The number of nitrogens with one attached hydrogen (secondary N) is 4. The minimum Gasteiger partial charge on any atom is -0.326 e. The van der Waals surface area contributed by atoms with E-state index in [0.717, 1.165) is 4.90 Å². The van der Waals surface area contributed by atoms with Crippen LogP contribution >= 0.6 is 0 Å². The van der Waals surface area contributed by atoms with Crippen LogP contribution in [0.1, 0.15) is 31.1 Å². The van der Waals surface area contributed by atoms with Gasteiger partial charge in [-0.05, 0) is 50.2 Å². The molecule has 3 amide bonds. The molecule has 0 fully saturated rings. The Morgan fingerprint density at radius 3 is 1.83 bits per heavy atom. The molecule has 8 heteroatoms. The third kappa shape index (κ3) is 7.14. The van der Waals surface area contributed by atoms with E-state index in [4.69, 9.17) is 0 Å². The Bertz CT molecular complexity index is 925. The van der Waals surface area contributed by atoms with Crippen molar-refractivity contribution in [2.45, 2.75) is 20.8 Å². The lowest BCUT2D eigenvalue weighted by molar-refractivity contribution is -0.881. The molecule has 0 saturated heterocycles. The first-order valence-corrected chi connectivity index (χ1v) is 9.69. The molecule has 0 aromatic heterocycles. The number of ketones is 1. The second-order valence-electron chi connectivity index (χ2n) is 6.91. The molecular formula is C22H27N4O4+. The summed E-state index contributed by atoms with van der Waals surface area (Å²) in [5.74, 6) is -0.795. The molecular weight excluding hydrogens is 384 g/mol. The van der Waals surface area contributed by atoms with Crippen molar-refractivity contribution < 1.29 is 24.1 Å². The zero-order chi connectivity index (χ0) is 22.1. The average Bonchev–Trinajstić information content (AvgIpc) is 2.68. The maximum absolute atomic E-state index is 12.4. The molecule has 1 atom stereocenters. The van der Waals surface area contributed by atoms with Gasteiger partial charge < -0.3 is 20.9 Å². The first-order chi connectivity index (χ1) is 14.3. The number of benzene rings is 2. The molecule has 2 rings (SSSR count). The van der Waals surface area contributed by atoms with Crippen LogP contribution in [0.15, 0.2) is 48.5 Å². The van der Waals surface area contributed by atoms with E-state index in [9.17, 15) is 19.2 Å². The Balaban J connectivity index is 1.90. The van der Waals surface area contributed by atoms with Crippen molar-refractivity contribution >= 4 is 40.6 Å². The van der Waals surface area contributed by atoms with Gasteiger partial charge in [0.05, 0.1) is 12.2 Å². The Labute approximate surface area is 175 Å². The summed E-state index contributed by atoms with van der Waals surface area (Å²) in [4.78, 5) is 48.3. The number of Topliss-reactive ketones (excluding diaryl/α,β-unsaturated/α-hetero) is 1. The summed E-state index contributed by atoms with van der Waals surface area (Å²) in [5, 5.41) is 8.20. The van der Waals surface area contributed by atoms with Gasteiger partial charge in [0.2, 0.25) is 5.91 Å². The third-order valence-corrected chi connectivity index (χ3v) is 4.39. The van der Waals surface area contributed by atoms with Gasteiger partial charge in [-0.3, -0.25) is 19.2 Å². The molecule has 158 valence electrons. The van der Waals surface area contributed by atoms with Crippen LogP contribution in [-0.2, 0) is 14.4 Å². The number of quaternary nitrogens is 1. The van der Waals surface area contributed by atoms with Gasteiger partial charge in [0.1, 0.15) is 0 Å². The lowest BCUT2D eigenvalue weighted by atomic mass is 10.1. The van der Waals surface area contributed by atoms with Gasteiger partial charge >= 0.3 is 0 Å². The smallest absolute Gasteiger partial charge is 0.279 e. The number of amides is 3. The molecule has 0 aliphatic heterocycles. The SMILES string of the molecule is CC[NH+](CC(=O)Nc1ccc(NC(C)=O)cc1)CC(=O)Nc1ccccc1C(C)=O. The van der Waals surface area contributed by atoms with Crippen LogP contribution in [0.5, 0.6) is 0 Å². The van der Waals surface area contributed by atoms with Crippen molar-refractivity contribution in [3.63, 3.8) is 0 Å². The van der Waals surface area contributed by atoms with E-state index in [0.29, 0.717) is 29.2 Å². The van der Waals surface area contributed by atoms with Gasteiger partial charge in [0.25, 0.3) is 11.8 Å². The Morgan fingerprint density at radius 1 is 0.767 bits per heavy atom. The molecule has 4 N–H and O–H groups in total. The summed E-state index contributed by atoms with van der Waals surface area (Å²) in [6.45, 7) is 5.55. The first kappa shape index (κ1) is 22.8. The van der Waals surface area contributed by atoms with E-state index >= 15 is 0 Å². The molecule has 30 heavy (non-hydrogen) atoms. The van der Waals surface area contributed by atoms with Crippen LogP contribution in [-0.4, -0.2) is 43.1 Å². The predicted octanol–water partition coefficient (Wildman–Crippen LogP) is 1.33. The largest absolute Gasteiger partial charge is 0.326 e. The molecule has 0 radical (unpaired) electrons. The van der Waals surface area contributed by atoms with Gasteiger partial charge in [0.15, 0.2) is 18.9 Å². The number of anilines is 3. The Kier molecular flexibility index (Phi) is 8.25. The summed E-state index contributed by atoms with van der Waals surface area (Å²) < 4.78 is 0. The van der Waals surface area contributed by atoms with E-state index in [-0.39, 0.29) is 36.6 Å². The minimum absolute atomic E-state index is 0.0949. The molecule has 0 bridgehead atoms. The van der Waals surface area contributed by atoms with Crippen LogP contribution in [0.4, 0.5) is 17.1 Å². The molecule has 8 nitrogen and oxygen atoms in total. The highest BCUT2D eigenvalue weighted by molar-refractivity contribution is 6.03. The van der Waals surface area contributed by atoms with Crippen molar-refractivity contribution in [1.29, 1.82) is 0 Å². The van der Waals surface area contributed by atoms with Crippen LogP contribution in [0, 0.1) is 0 Å². The van der Waals surface area contributed by atoms with E-state index < -0.39 is 0 Å². The fourth-order valence-corrected chi connectivity index (χ4v) is 2.91. The van der Waals surface area contributed by atoms with Crippen molar-refractivity contribution in [3.8, 4) is 0 Å². The third-order valence-electron chi connectivity index (χ3n) is 4.39. The van der Waals surface area contributed by atoms with Crippen molar-refractivity contribution in [2.24, 2.45) is 0 Å². The zero-order valence-corrected chi connectivity index (χ0v) is 17.4. The Morgan fingerprint density at radius 2 is 1.30 bits per heavy atom. The molecule has 0 saturated carbocycles. The summed E-state index contributed by atoms with van der Waals surface area (Å²) >= 11 is 0. The van der Waals surface area contributed by atoms with E-state index in [2.05, 4.69) is 16.0 Å². The normalized spacial score (nSPS) is 11.3. The maximum Gasteiger partial charge on any atom is 0.279 e. The fourth-order valence-electron chi connectivity index (χ4n) is 2.91. The average molecular weight is 411 g/mol. The van der Waals surface area contributed by atoms with Crippen LogP contribution in [0.3, 0.4) is 0 Å². The van der Waals surface area contributed by atoms with Gasteiger partial charge in [-0.15, -0.1) is 0 Å². The second-order valence-corrected chi connectivity index (χ2v) is 6.91. The Hall–Kier alpha value is -3.52. The number of likely N-dealkylation sites (N-methyl/N-ethyl adjacent to an activating group) is 1. The fraction of sp³-hybridized carbons (Fsp3) is 0.273. The molecule has 2 aromatic carbocycles. The van der Waals surface area contributed by atoms with Crippen molar-refractivity contribution in [3.05, 3.63) is 54.1 Å². The van der Waals surface area contributed by atoms with Gasteiger partial charge in [0, 0.05) is 23.9 Å². The highest BCUT2D eigenvalue weighted by Crippen LogP contribution is 2.15. The number of hydrogen-bond donors (Lipinski definition) is 4. The standard InChI is InChI=1S/C22H26N4O4/c1-4-26(14-22(30)25-20-8-6-5-7-19(20)15(2)27)13-21(29)24-18-11-9-17(10-12-18)23-16(3)28/h5-12H,4,13-14H2,1-3H3,(H,23,28)(H,24,29)(H,25,30)/p+1. The number of carbonyl (C=O) groups excluding carboxylic acids is 4. The second kappa shape index (κ2) is 10.9. The molecule has 1 unspecified atom stereocenters. The van der Waals surface area contributed by atoms with Crippen LogP contribution < -0.4 is 20.9 Å². The van der Waals surface area contributed by atoms with Gasteiger partial charge in [-0.1, -0.05) is 12.1 Å². The topological polar surface area (TPSA) is 109 Å². The number of rotatable bonds is 9. The zero-order valence-electron chi connectivity index (χ0n) is 17.4. The van der Waals surface area contributed by atoms with Gasteiger partial charge in [-0.25, -0.2) is 0 Å². The lowest BCUT2D eigenvalue weighted by Crippen LogP contribution is -3.13. The molecule has 0 heterocycles. The summed E-state index contributed by atoms with van der Waals surface area (Å²) in [6.07, 6.45) is 0. The quantitative estimate of drug-likeness (QED) is 0.467. The maximum atomic E-state index is 12.4. The van der Waals surface area contributed by atoms with Crippen molar-refractivity contribution in [2.75, 3.05) is 35.6 Å². The number of para-hydroxylation sites is 1. The molecule has 0 aliphatic carbocycles. The van der Waals surface area contributed by atoms with E-state index in [1.807, 2.05) is 6.92 Å². The molecule has 0 aliphatic rings. The van der Waals surface area contributed by atoms with E-state index in [1.165, 1.54) is 13.8 Å². The number of carbonyl (C=O) groups is 4. The highest BCUT2D eigenvalue weighted by Gasteiger charge is 2.18. The first-order valence-electron chi connectivity index (χ1n) is 9.69. The van der Waals surface area contributed by atoms with Crippen LogP contribution in [0.25, 0.3) is 0 Å². The summed E-state index contributed by atoms with van der Waals surface area (Å²) in [5.41, 5.74) is 2.16. The minimum atomic E-state index is -0.270. The molecule has 0 spiro atoms. The van der Waals surface area contributed by atoms with Crippen LogP contribution in [0.2, 0.25) is 0 Å². The van der Waals surface area contributed by atoms with Crippen molar-refractivity contribution in [1.82, 2.24) is 0 Å². The van der Waals surface area contributed by atoms with Gasteiger partial charge in [-0.2, -0.15) is 0 Å². The highest BCUT2D eigenvalue weighted by atomic mass is 16.2. The van der Waals surface area contributed by atoms with E-state index in [1.54, 1.807) is 48.5 Å². The lowest BCUT2D eigenvalue weighted by Gasteiger charge is -2.17.